The van der Waals surface area contributed by atoms with Crippen LogP contribution in [0.1, 0.15) is 51.4 Å². The average molecular weight is 243 g/mol. The summed E-state index contributed by atoms with van der Waals surface area (Å²) in [6.45, 7) is 0. The van der Waals surface area contributed by atoms with Gasteiger partial charge in [0.05, 0.1) is 0 Å². The molecule has 16 heavy (non-hydrogen) atoms. The Balaban J connectivity index is 1.78. The molecule has 0 amide bonds. The third kappa shape index (κ3) is 2.90. The lowest BCUT2D eigenvalue weighted by molar-refractivity contribution is -0.527. The Bertz CT molecular complexity index is 243. The first-order valence-corrected chi connectivity index (χ1v) is 7.00. The molecule has 2 fully saturated rings. The normalized spacial score (nSPS) is 40.6. The van der Waals surface area contributed by atoms with Gasteiger partial charge in [-0.1, -0.05) is 0 Å². The van der Waals surface area contributed by atoms with Crippen molar-refractivity contribution in [2.45, 2.75) is 62.7 Å². The molecular formula is C12H21NO2S. The van der Waals surface area contributed by atoms with Crippen molar-refractivity contribution in [3.05, 3.63) is 10.1 Å². The molecule has 0 heterocycles. The summed E-state index contributed by atoms with van der Waals surface area (Å²) in [5.74, 6) is 1.59. The Morgan fingerprint density at radius 1 is 0.875 bits per heavy atom. The molecule has 0 N–H and O–H groups in total. The molecule has 2 aliphatic carbocycles. The molecule has 92 valence electrons. The summed E-state index contributed by atoms with van der Waals surface area (Å²) in [5, 5.41) is 11.3. The Morgan fingerprint density at radius 2 is 1.31 bits per heavy atom. The molecule has 0 unspecified atom stereocenters. The highest BCUT2D eigenvalue weighted by Gasteiger charge is 2.33. The van der Waals surface area contributed by atoms with Crippen LogP contribution in [0.25, 0.3) is 0 Å². The van der Waals surface area contributed by atoms with Gasteiger partial charge in [-0.15, -0.1) is 0 Å². The van der Waals surface area contributed by atoms with E-state index in [9.17, 15) is 10.1 Å². The Kier molecular flexibility index (Phi) is 4.11. The highest BCUT2D eigenvalue weighted by atomic mass is 32.1. The van der Waals surface area contributed by atoms with Gasteiger partial charge in [-0.05, 0) is 50.4 Å². The van der Waals surface area contributed by atoms with Gasteiger partial charge in [-0.2, -0.15) is 12.6 Å². The molecule has 0 aromatic rings. The monoisotopic (exact) mass is 243 g/mol. The van der Waals surface area contributed by atoms with E-state index < -0.39 is 0 Å². The van der Waals surface area contributed by atoms with E-state index in [0.717, 1.165) is 37.5 Å². The van der Waals surface area contributed by atoms with Crippen LogP contribution in [0, 0.1) is 22.0 Å². The van der Waals surface area contributed by atoms with Crippen LogP contribution in [0.15, 0.2) is 0 Å². The maximum atomic E-state index is 10.7. The van der Waals surface area contributed by atoms with E-state index in [1.165, 1.54) is 25.7 Å². The highest BCUT2D eigenvalue weighted by molar-refractivity contribution is 7.80. The summed E-state index contributed by atoms with van der Waals surface area (Å²) in [5.41, 5.74) is 0. The summed E-state index contributed by atoms with van der Waals surface area (Å²) >= 11 is 4.52. The first-order valence-electron chi connectivity index (χ1n) is 6.48. The van der Waals surface area contributed by atoms with Crippen molar-refractivity contribution >= 4 is 12.6 Å². The van der Waals surface area contributed by atoms with Crippen molar-refractivity contribution in [1.29, 1.82) is 0 Å². The van der Waals surface area contributed by atoms with Gasteiger partial charge in [0.15, 0.2) is 0 Å². The molecule has 0 radical (unpaired) electrons. The van der Waals surface area contributed by atoms with E-state index in [0.29, 0.717) is 5.25 Å². The molecule has 0 aromatic heterocycles. The number of nitro groups is 1. The van der Waals surface area contributed by atoms with E-state index in [1.807, 2.05) is 0 Å². The highest BCUT2D eigenvalue weighted by Crippen LogP contribution is 2.39. The summed E-state index contributed by atoms with van der Waals surface area (Å²) in [6.07, 6.45) is 8.83. The fraction of sp³-hybridized carbons (Fsp3) is 1.00. The fourth-order valence-electron chi connectivity index (χ4n) is 3.36. The van der Waals surface area contributed by atoms with E-state index in [-0.39, 0.29) is 11.0 Å². The molecule has 0 bridgehead atoms. The number of thiol groups is 1. The summed E-state index contributed by atoms with van der Waals surface area (Å²) in [7, 11) is 0. The van der Waals surface area contributed by atoms with Gasteiger partial charge < -0.3 is 0 Å². The third-order valence-electron chi connectivity index (χ3n) is 4.45. The van der Waals surface area contributed by atoms with Crippen molar-refractivity contribution in [1.82, 2.24) is 0 Å². The average Bonchev–Trinajstić information content (AvgIpc) is 2.30. The van der Waals surface area contributed by atoms with Crippen LogP contribution in [-0.4, -0.2) is 16.2 Å². The fourth-order valence-corrected chi connectivity index (χ4v) is 3.65. The number of hydrogen-bond acceptors (Lipinski definition) is 3. The third-order valence-corrected chi connectivity index (χ3v) is 4.96. The lowest BCUT2D eigenvalue weighted by atomic mass is 9.72. The largest absolute Gasteiger partial charge is 0.264 e. The smallest absolute Gasteiger partial charge is 0.213 e. The van der Waals surface area contributed by atoms with Gasteiger partial charge in [-0.3, -0.25) is 10.1 Å². The second kappa shape index (κ2) is 5.39. The van der Waals surface area contributed by atoms with Crippen molar-refractivity contribution in [3.8, 4) is 0 Å². The molecule has 4 heteroatoms. The molecule has 2 rings (SSSR count). The molecule has 2 saturated carbocycles. The van der Waals surface area contributed by atoms with Crippen molar-refractivity contribution in [3.63, 3.8) is 0 Å². The summed E-state index contributed by atoms with van der Waals surface area (Å²) in [4.78, 5) is 10.6. The van der Waals surface area contributed by atoms with Gasteiger partial charge in [0, 0.05) is 23.0 Å². The zero-order chi connectivity index (χ0) is 11.5. The molecule has 0 aromatic carbocycles. The standard InChI is InChI=1S/C12H21NO2S/c14-13(15)11-5-1-9(2-6-11)10-3-7-12(16)8-4-10/h9-12,16H,1-8H2. The Morgan fingerprint density at radius 3 is 1.75 bits per heavy atom. The summed E-state index contributed by atoms with van der Waals surface area (Å²) < 4.78 is 0. The molecule has 2 aliphatic rings. The van der Waals surface area contributed by atoms with Crippen LogP contribution < -0.4 is 0 Å². The molecule has 0 saturated heterocycles. The zero-order valence-electron chi connectivity index (χ0n) is 9.68. The van der Waals surface area contributed by atoms with Crippen LogP contribution in [0.2, 0.25) is 0 Å². The minimum Gasteiger partial charge on any atom is -0.264 e. The molecule has 0 aliphatic heterocycles. The maximum Gasteiger partial charge on any atom is 0.213 e. The van der Waals surface area contributed by atoms with E-state index in [4.69, 9.17) is 0 Å². The van der Waals surface area contributed by atoms with Crippen molar-refractivity contribution in [2.75, 3.05) is 0 Å². The van der Waals surface area contributed by atoms with Gasteiger partial charge in [0.2, 0.25) is 6.04 Å². The van der Waals surface area contributed by atoms with Crippen molar-refractivity contribution in [2.24, 2.45) is 11.8 Å². The predicted octanol–water partition coefficient (Wildman–Crippen LogP) is 3.31. The predicted molar refractivity (Wildman–Crippen MR) is 67.5 cm³/mol. The van der Waals surface area contributed by atoms with Crippen LogP contribution in [0.3, 0.4) is 0 Å². The Labute approximate surface area is 103 Å². The van der Waals surface area contributed by atoms with Crippen LogP contribution in [0.5, 0.6) is 0 Å². The van der Waals surface area contributed by atoms with Crippen LogP contribution in [0.4, 0.5) is 0 Å². The quantitative estimate of drug-likeness (QED) is 0.459. The SMILES string of the molecule is O=[N+]([O-])C1CCC(C2CCC(S)CC2)CC1. The minimum absolute atomic E-state index is 0.0825. The van der Waals surface area contributed by atoms with Gasteiger partial charge >= 0.3 is 0 Å². The lowest BCUT2D eigenvalue weighted by Crippen LogP contribution is -2.30. The van der Waals surface area contributed by atoms with Crippen molar-refractivity contribution < 1.29 is 4.92 Å². The molecular weight excluding hydrogens is 222 g/mol. The van der Waals surface area contributed by atoms with E-state index in [1.54, 1.807) is 0 Å². The molecule has 0 spiro atoms. The number of nitrogens with zero attached hydrogens (tertiary/aromatic N) is 1. The first kappa shape index (κ1) is 12.2. The van der Waals surface area contributed by atoms with Crippen LogP contribution >= 0.6 is 12.6 Å². The topological polar surface area (TPSA) is 43.1 Å². The van der Waals surface area contributed by atoms with Gasteiger partial charge in [-0.25, -0.2) is 0 Å². The molecule has 3 nitrogen and oxygen atoms in total. The second-order valence-electron chi connectivity index (χ2n) is 5.42. The van der Waals surface area contributed by atoms with E-state index >= 15 is 0 Å². The van der Waals surface area contributed by atoms with Gasteiger partial charge in [0.1, 0.15) is 0 Å². The first-order chi connectivity index (χ1) is 7.66. The number of rotatable bonds is 2. The second-order valence-corrected chi connectivity index (χ2v) is 6.15. The molecule has 0 atom stereocenters. The zero-order valence-corrected chi connectivity index (χ0v) is 10.6. The number of hydrogen-bond donors (Lipinski definition) is 1. The van der Waals surface area contributed by atoms with Crippen LogP contribution in [-0.2, 0) is 0 Å². The minimum atomic E-state index is -0.252. The summed E-state index contributed by atoms with van der Waals surface area (Å²) in [6, 6.07) is -0.252. The lowest BCUT2D eigenvalue weighted by Gasteiger charge is -2.35. The van der Waals surface area contributed by atoms with Gasteiger partial charge in [0.25, 0.3) is 0 Å². The van der Waals surface area contributed by atoms with E-state index in [2.05, 4.69) is 12.6 Å². The Hall–Kier alpha value is -0.250. The maximum absolute atomic E-state index is 10.7.